The van der Waals surface area contributed by atoms with Gasteiger partial charge in [0.15, 0.2) is 5.82 Å². The van der Waals surface area contributed by atoms with E-state index in [9.17, 15) is 9.59 Å². The number of rotatable bonds is 5. The SMILES string of the molecule is Cc1ccc(N2CC(C(=O)NCc3nnnn3-c3ccc(C)cc3)CC2=O)cc1. The number of nitrogens with one attached hydrogen (secondary N) is 1. The summed E-state index contributed by atoms with van der Waals surface area (Å²) in [5.41, 5.74) is 3.91. The Balaban J connectivity index is 1.40. The minimum absolute atomic E-state index is 0.0431. The number of aryl methyl sites for hydroxylation is 2. The van der Waals surface area contributed by atoms with Crippen LogP contribution in [0.4, 0.5) is 5.69 Å². The zero-order valence-electron chi connectivity index (χ0n) is 16.4. The number of amides is 2. The van der Waals surface area contributed by atoms with Crippen LogP contribution in [0.25, 0.3) is 5.69 Å². The van der Waals surface area contributed by atoms with E-state index in [4.69, 9.17) is 0 Å². The van der Waals surface area contributed by atoms with E-state index < -0.39 is 5.92 Å². The first-order valence-electron chi connectivity index (χ1n) is 9.50. The second kappa shape index (κ2) is 7.83. The zero-order valence-corrected chi connectivity index (χ0v) is 16.4. The van der Waals surface area contributed by atoms with Gasteiger partial charge in [-0.05, 0) is 48.5 Å². The third-order valence-electron chi connectivity index (χ3n) is 5.07. The summed E-state index contributed by atoms with van der Waals surface area (Å²) in [7, 11) is 0. The summed E-state index contributed by atoms with van der Waals surface area (Å²) in [6.07, 6.45) is 0.197. The van der Waals surface area contributed by atoms with Gasteiger partial charge in [0, 0.05) is 18.7 Å². The lowest BCUT2D eigenvalue weighted by molar-refractivity contribution is -0.126. The molecule has 1 unspecified atom stereocenters. The summed E-state index contributed by atoms with van der Waals surface area (Å²) in [4.78, 5) is 26.7. The Labute approximate surface area is 168 Å². The molecule has 0 aliphatic carbocycles. The summed E-state index contributed by atoms with van der Waals surface area (Å²) in [6.45, 7) is 4.56. The van der Waals surface area contributed by atoms with E-state index >= 15 is 0 Å². The molecule has 0 radical (unpaired) electrons. The van der Waals surface area contributed by atoms with Crippen molar-refractivity contribution < 1.29 is 9.59 Å². The van der Waals surface area contributed by atoms with Crippen LogP contribution in [-0.2, 0) is 16.1 Å². The highest BCUT2D eigenvalue weighted by molar-refractivity contribution is 6.00. The molecule has 8 nitrogen and oxygen atoms in total. The highest BCUT2D eigenvalue weighted by Gasteiger charge is 2.35. The molecule has 1 atom stereocenters. The Bertz CT molecular complexity index is 1030. The zero-order chi connectivity index (χ0) is 20.4. The highest BCUT2D eigenvalue weighted by Crippen LogP contribution is 2.25. The molecule has 1 aromatic heterocycles. The van der Waals surface area contributed by atoms with Gasteiger partial charge in [-0.1, -0.05) is 35.4 Å². The van der Waals surface area contributed by atoms with Crippen molar-refractivity contribution in [3.8, 4) is 5.69 Å². The fourth-order valence-electron chi connectivity index (χ4n) is 3.37. The van der Waals surface area contributed by atoms with Crippen molar-refractivity contribution in [2.45, 2.75) is 26.8 Å². The van der Waals surface area contributed by atoms with E-state index in [-0.39, 0.29) is 24.8 Å². The molecule has 8 heteroatoms. The maximum atomic E-state index is 12.6. The summed E-state index contributed by atoms with van der Waals surface area (Å²) < 4.78 is 1.60. The van der Waals surface area contributed by atoms with Crippen LogP contribution in [0.5, 0.6) is 0 Å². The molecule has 2 amide bonds. The van der Waals surface area contributed by atoms with Crippen molar-refractivity contribution in [2.24, 2.45) is 5.92 Å². The number of aromatic nitrogens is 4. The number of carbonyl (C=O) groups is 2. The van der Waals surface area contributed by atoms with Crippen LogP contribution in [0, 0.1) is 19.8 Å². The number of carbonyl (C=O) groups excluding carboxylic acids is 2. The lowest BCUT2D eigenvalue weighted by atomic mass is 10.1. The molecule has 29 heavy (non-hydrogen) atoms. The normalized spacial score (nSPS) is 16.3. The second-order valence-corrected chi connectivity index (χ2v) is 7.30. The van der Waals surface area contributed by atoms with Crippen molar-refractivity contribution in [1.82, 2.24) is 25.5 Å². The van der Waals surface area contributed by atoms with E-state index in [0.717, 1.165) is 22.5 Å². The predicted octanol–water partition coefficient (Wildman–Crippen LogP) is 1.95. The smallest absolute Gasteiger partial charge is 0.227 e. The Morgan fingerprint density at radius 2 is 1.66 bits per heavy atom. The van der Waals surface area contributed by atoms with Crippen LogP contribution in [-0.4, -0.2) is 38.6 Å². The molecule has 148 valence electrons. The minimum atomic E-state index is -0.396. The largest absolute Gasteiger partial charge is 0.348 e. The van der Waals surface area contributed by atoms with Crippen LogP contribution in [0.3, 0.4) is 0 Å². The van der Waals surface area contributed by atoms with Crippen LogP contribution in [0.1, 0.15) is 23.4 Å². The van der Waals surface area contributed by atoms with Gasteiger partial charge < -0.3 is 10.2 Å². The van der Waals surface area contributed by atoms with Crippen molar-refractivity contribution in [1.29, 1.82) is 0 Å². The van der Waals surface area contributed by atoms with E-state index in [1.54, 1.807) is 9.58 Å². The Hall–Kier alpha value is -3.55. The van der Waals surface area contributed by atoms with E-state index in [2.05, 4.69) is 20.8 Å². The van der Waals surface area contributed by atoms with Gasteiger partial charge in [0.05, 0.1) is 18.2 Å². The third kappa shape index (κ3) is 4.01. The monoisotopic (exact) mass is 390 g/mol. The van der Waals surface area contributed by atoms with E-state index in [1.165, 1.54) is 0 Å². The quantitative estimate of drug-likeness (QED) is 0.719. The van der Waals surface area contributed by atoms with Crippen molar-refractivity contribution >= 4 is 17.5 Å². The van der Waals surface area contributed by atoms with E-state index in [0.29, 0.717) is 12.4 Å². The predicted molar refractivity (Wildman–Crippen MR) is 107 cm³/mol. The summed E-state index contributed by atoms with van der Waals surface area (Å²) in [5, 5.41) is 14.6. The standard InChI is InChI=1S/C21H22N6O2/c1-14-3-7-17(8-4-14)26-13-16(11-20(26)28)21(29)22-12-19-23-24-25-27(19)18-9-5-15(2)6-10-18/h3-10,16H,11-13H2,1-2H3,(H,22,29). The van der Waals surface area contributed by atoms with Crippen molar-refractivity contribution in [2.75, 3.05) is 11.4 Å². The molecule has 1 saturated heterocycles. The molecule has 0 spiro atoms. The molecule has 4 rings (SSSR count). The van der Waals surface area contributed by atoms with Crippen LogP contribution in [0.2, 0.25) is 0 Å². The van der Waals surface area contributed by atoms with Gasteiger partial charge in [0.2, 0.25) is 11.8 Å². The van der Waals surface area contributed by atoms with Gasteiger partial charge in [-0.2, -0.15) is 4.68 Å². The third-order valence-corrected chi connectivity index (χ3v) is 5.07. The molecule has 0 saturated carbocycles. The molecule has 0 bridgehead atoms. The van der Waals surface area contributed by atoms with Gasteiger partial charge >= 0.3 is 0 Å². The summed E-state index contributed by atoms with van der Waals surface area (Å²) in [5.74, 6) is -0.0839. The molecule has 2 heterocycles. The first-order valence-corrected chi connectivity index (χ1v) is 9.50. The van der Waals surface area contributed by atoms with Crippen molar-refractivity contribution in [3.05, 3.63) is 65.5 Å². The number of benzene rings is 2. The minimum Gasteiger partial charge on any atom is -0.348 e. The first kappa shape index (κ1) is 18.8. The molecule has 1 aliphatic rings. The average molecular weight is 390 g/mol. The van der Waals surface area contributed by atoms with Crippen molar-refractivity contribution in [3.63, 3.8) is 0 Å². The fourth-order valence-corrected chi connectivity index (χ4v) is 3.37. The van der Waals surface area contributed by atoms with Gasteiger partial charge in [0.1, 0.15) is 0 Å². The molecule has 1 N–H and O–H groups in total. The number of nitrogens with zero attached hydrogens (tertiary/aromatic N) is 5. The average Bonchev–Trinajstić information content (AvgIpc) is 3.34. The number of tetrazole rings is 1. The maximum Gasteiger partial charge on any atom is 0.227 e. The Morgan fingerprint density at radius 1 is 1.03 bits per heavy atom. The van der Waals surface area contributed by atoms with Crippen LogP contribution in [0.15, 0.2) is 48.5 Å². The van der Waals surface area contributed by atoms with Crippen LogP contribution < -0.4 is 10.2 Å². The molecular formula is C21H22N6O2. The Morgan fingerprint density at radius 3 is 2.31 bits per heavy atom. The molecule has 3 aromatic rings. The summed E-state index contributed by atoms with van der Waals surface area (Å²) in [6, 6.07) is 15.5. The van der Waals surface area contributed by atoms with Crippen LogP contribution >= 0.6 is 0 Å². The molecule has 1 aliphatic heterocycles. The van der Waals surface area contributed by atoms with E-state index in [1.807, 2.05) is 62.4 Å². The molecule has 1 fully saturated rings. The maximum absolute atomic E-state index is 12.6. The lowest BCUT2D eigenvalue weighted by Gasteiger charge is -2.17. The number of hydrogen-bond acceptors (Lipinski definition) is 5. The summed E-state index contributed by atoms with van der Waals surface area (Å²) >= 11 is 0. The van der Waals surface area contributed by atoms with Gasteiger partial charge in [-0.15, -0.1) is 5.10 Å². The second-order valence-electron chi connectivity index (χ2n) is 7.30. The number of anilines is 1. The molecule has 2 aromatic carbocycles. The van der Waals surface area contributed by atoms with Gasteiger partial charge in [-0.25, -0.2) is 0 Å². The number of hydrogen-bond donors (Lipinski definition) is 1. The topological polar surface area (TPSA) is 93.0 Å². The Kier molecular flexibility index (Phi) is 5.07. The first-order chi connectivity index (χ1) is 14.0. The lowest BCUT2D eigenvalue weighted by Crippen LogP contribution is -2.33. The molecular weight excluding hydrogens is 368 g/mol. The highest BCUT2D eigenvalue weighted by atomic mass is 16.2. The van der Waals surface area contributed by atoms with Gasteiger partial charge in [0.25, 0.3) is 0 Å². The fraction of sp³-hybridized carbons (Fsp3) is 0.286. The van der Waals surface area contributed by atoms with Gasteiger partial charge in [-0.3, -0.25) is 9.59 Å².